The number of ether oxygens (including phenoxy) is 1. The Labute approximate surface area is 146 Å². The Hall–Kier alpha value is -2.74. The summed E-state index contributed by atoms with van der Waals surface area (Å²) in [6.45, 7) is 1.36. The number of hydrazone groups is 1. The summed E-state index contributed by atoms with van der Waals surface area (Å²) in [7, 11) is 0. The molecule has 0 aromatic heterocycles. The van der Waals surface area contributed by atoms with Gasteiger partial charge in [0, 0.05) is 10.5 Å². The number of halogens is 1. The van der Waals surface area contributed by atoms with Gasteiger partial charge >= 0.3 is 5.69 Å². The average molecular weight is 392 g/mol. The van der Waals surface area contributed by atoms with Crippen LogP contribution >= 0.6 is 15.9 Å². The van der Waals surface area contributed by atoms with E-state index in [9.17, 15) is 14.9 Å². The second-order valence-corrected chi connectivity index (χ2v) is 5.78. The lowest BCUT2D eigenvalue weighted by molar-refractivity contribution is -0.385. The number of nitro groups is 1. The molecule has 0 unspecified atom stereocenters. The fraction of sp³-hybridized carbons (Fsp3) is 0.125. The van der Waals surface area contributed by atoms with Gasteiger partial charge in [0.05, 0.1) is 11.1 Å². The molecule has 2 aromatic rings. The van der Waals surface area contributed by atoms with E-state index in [1.165, 1.54) is 18.3 Å². The molecule has 0 bridgehead atoms. The molecule has 124 valence electrons. The highest BCUT2D eigenvalue weighted by Crippen LogP contribution is 2.27. The van der Waals surface area contributed by atoms with Crippen LogP contribution in [0.25, 0.3) is 0 Å². The molecular formula is C16H14BrN3O4. The monoisotopic (exact) mass is 391 g/mol. The third-order valence-electron chi connectivity index (χ3n) is 2.92. The molecular weight excluding hydrogens is 378 g/mol. The number of rotatable bonds is 6. The lowest BCUT2D eigenvalue weighted by Gasteiger charge is -2.06. The van der Waals surface area contributed by atoms with Gasteiger partial charge < -0.3 is 4.74 Å². The third-order valence-corrected chi connectivity index (χ3v) is 3.41. The lowest BCUT2D eigenvalue weighted by atomic mass is 10.2. The number of nitro benzene ring substituents is 1. The molecule has 0 atom stereocenters. The van der Waals surface area contributed by atoms with E-state index in [1.54, 1.807) is 13.0 Å². The first kappa shape index (κ1) is 17.6. The van der Waals surface area contributed by atoms with Crippen LogP contribution in [0.3, 0.4) is 0 Å². The standard InChI is InChI=1S/C16H14BrN3O4/c1-11-5-6-15(14(7-11)20(22)23)24-10-16(21)19-18-9-12-3-2-4-13(17)8-12/h2-9H,10H2,1H3,(H,19,21). The number of hydrogen-bond acceptors (Lipinski definition) is 5. The fourth-order valence-electron chi connectivity index (χ4n) is 1.83. The zero-order valence-corrected chi connectivity index (χ0v) is 14.3. The van der Waals surface area contributed by atoms with Crippen LogP contribution < -0.4 is 10.2 Å². The molecule has 0 spiro atoms. The maximum Gasteiger partial charge on any atom is 0.311 e. The number of carbonyl (C=O) groups excluding carboxylic acids is 1. The van der Waals surface area contributed by atoms with Crippen LogP contribution in [0.4, 0.5) is 5.69 Å². The average Bonchev–Trinajstić information content (AvgIpc) is 2.53. The van der Waals surface area contributed by atoms with Gasteiger partial charge in [-0.1, -0.05) is 34.1 Å². The van der Waals surface area contributed by atoms with Gasteiger partial charge in [0.1, 0.15) is 0 Å². The Morgan fingerprint density at radius 2 is 2.17 bits per heavy atom. The topological polar surface area (TPSA) is 93.8 Å². The minimum atomic E-state index is -0.550. The number of nitrogens with zero attached hydrogens (tertiary/aromatic N) is 2. The SMILES string of the molecule is Cc1ccc(OCC(=O)NN=Cc2cccc(Br)c2)c([N+](=O)[O-])c1. The van der Waals surface area contributed by atoms with E-state index in [1.807, 2.05) is 24.3 Å². The van der Waals surface area contributed by atoms with Crippen LogP contribution in [0.2, 0.25) is 0 Å². The Balaban J connectivity index is 1.91. The molecule has 1 amide bonds. The fourth-order valence-corrected chi connectivity index (χ4v) is 2.25. The molecule has 1 N–H and O–H groups in total. The van der Waals surface area contributed by atoms with E-state index in [2.05, 4.69) is 26.5 Å². The van der Waals surface area contributed by atoms with Gasteiger partial charge in [-0.3, -0.25) is 14.9 Å². The molecule has 0 heterocycles. The minimum Gasteiger partial charge on any atom is -0.477 e. The largest absolute Gasteiger partial charge is 0.477 e. The molecule has 0 saturated carbocycles. The molecule has 0 fully saturated rings. The highest BCUT2D eigenvalue weighted by molar-refractivity contribution is 9.10. The second kappa shape index (κ2) is 8.21. The summed E-state index contributed by atoms with van der Waals surface area (Å²) in [5, 5.41) is 14.8. The molecule has 0 radical (unpaired) electrons. The van der Waals surface area contributed by atoms with Gasteiger partial charge in [-0.2, -0.15) is 5.10 Å². The Kier molecular flexibility index (Phi) is 6.02. The number of carbonyl (C=O) groups is 1. The van der Waals surface area contributed by atoms with Gasteiger partial charge in [0.2, 0.25) is 0 Å². The quantitative estimate of drug-likeness (QED) is 0.464. The van der Waals surface area contributed by atoms with Gasteiger partial charge in [0.25, 0.3) is 5.91 Å². The van der Waals surface area contributed by atoms with Crippen molar-refractivity contribution in [3.8, 4) is 5.75 Å². The normalized spacial score (nSPS) is 10.6. The van der Waals surface area contributed by atoms with Crippen LogP contribution in [-0.4, -0.2) is 23.7 Å². The van der Waals surface area contributed by atoms with Crippen molar-refractivity contribution >= 4 is 33.7 Å². The predicted molar refractivity (Wildman–Crippen MR) is 93.2 cm³/mol. The summed E-state index contributed by atoms with van der Waals surface area (Å²) in [5.41, 5.74) is 3.66. The molecule has 0 aliphatic heterocycles. The first-order valence-electron chi connectivity index (χ1n) is 6.91. The summed E-state index contributed by atoms with van der Waals surface area (Å²) in [6, 6.07) is 11.9. The number of amides is 1. The zero-order valence-electron chi connectivity index (χ0n) is 12.7. The van der Waals surface area contributed by atoms with E-state index in [4.69, 9.17) is 4.74 Å². The molecule has 0 aliphatic rings. The lowest BCUT2D eigenvalue weighted by Crippen LogP contribution is -2.24. The number of nitrogens with one attached hydrogen (secondary N) is 1. The summed E-state index contributed by atoms with van der Waals surface area (Å²) in [4.78, 5) is 22.1. The van der Waals surface area contributed by atoms with E-state index in [0.29, 0.717) is 0 Å². The van der Waals surface area contributed by atoms with Crippen LogP contribution in [0.15, 0.2) is 52.0 Å². The van der Waals surface area contributed by atoms with E-state index < -0.39 is 10.8 Å². The van der Waals surface area contributed by atoms with Gasteiger partial charge in [-0.15, -0.1) is 0 Å². The van der Waals surface area contributed by atoms with Crippen LogP contribution in [0, 0.1) is 17.0 Å². The summed E-state index contributed by atoms with van der Waals surface area (Å²) in [5.74, 6) is -0.479. The van der Waals surface area contributed by atoms with E-state index in [0.717, 1.165) is 15.6 Å². The van der Waals surface area contributed by atoms with Crippen LogP contribution in [0.5, 0.6) is 5.75 Å². The van der Waals surface area contributed by atoms with Crippen LogP contribution in [-0.2, 0) is 4.79 Å². The number of aryl methyl sites for hydroxylation is 1. The van der Waals surface area contributed by atoms with E-state index in [-0.39, 0.29) is 18.0 Å². The Morgan fingerprint density at radius 3 is 2.88 bits per heavy atom. The smallest absolute Gasteiger partial charge is 0.311 e. The second-order valence-electron chi connectivity index (χ2n) is 4.87. The maximum atomic E-state index is 11.7. The first-order chi connectivity index (χ1) is 11.5. The van der Waals surface area contributed by atoms with Crippen molar-refractivity contribution in [2.24, 2.45) is 5.10 Å². The Bertz CT molecular complexity index is 793. The number of benzene rings is 2. The van der Waals surface area contributed by atoms with Crippen molar-refractivity contribution in [2.75, 3.05) is 6.61 Å². The first-order valence-corrected chi connectivity index (χ1v) is 7.70. The third kappa shape index (κ3) is 5.17. The number of hydrogen-bond donors (Lipinski definition) is 1. The van der Waals surface area contributed by atoms with Gasteiger partial charge in [-0.05, 0) is 36.2 Å². The van der Waals surface area contributed by atoms with Crippen molar-refractivity contribution in [1.82, 2.24) is 5.43 Å². The molecule has 2 aromatic carbocycles. The maximum absolute atomic E-state index is 11.7. The van der Waals surface area contributed by atoms with Gasteiger partial charge in [0.15, 0.2) is 12.4 Å². The zero-order chi connectivity index (χ0) is 17.5. The molecule has 2 rings (SSSR count). The van der Waals surface area contributed by atoms with Crippen molar-refractivity contribution in [1.29, 1.82) is 0 Å². The summed E-state index contributed by atoms with van der Waals surface area (Å²) < 4.78 is 6.10. The molecule has 7 nitrogen and oxygen atoms in total. The summed E-state index contributed by atoms with van der Waals surface area (Å²) in [6.07, 6.45) is 1.48. The van der Waals surface area contributed by atoms with E-state index >= 15 is 0 Å². The van der Waals surface area contributed by atoms with Crippen molar-refractivity contribution in [3.63, 3.8) is 0 Å². The molecule has 24 heavy (non-hydrogen) atoms. The van der Waals surface area contributed by atoms with Crippen molar-refractivity contribution < 1.29 is 14.5 Å². The van der Waals surface area contributed by atoms with Gasteiger partial charge in [-0.25, -0.2) is 5.43 Å². The predicted octanol–water partition coefficient (Wildman–Crippen LogP) is 3.19. The minimum absolute atomic E-state index is 0.0386. The van der Waals surface area contributed by atoms with Crippen molar-refractivity contribution in [3.05, 3.63) is 68.2 Å². The molecule has 0 saturated heterocycles. The Morgan fingerprint density at radius 1 is 1.38 bits per heavy atom. The van der Waals surface area contributed by atoms with Crippen molar-refractivity contribution in [2.45, 2.75) is 6.92 Å². The molecule has 0 aliphatic carbocycles. The summed E-state index contributed by atoms with van der Waals surface area (Å²) >= 11 is 3.33. The molecule has 8 heteroatoms. The van der Waals surface area contributed by atoms with Crippen LogP contribution in [0.1, 0.15) is 11.1 Å². The highest BCUT2D eigenvalue weighted by atomic mass is 79.9. The highest BCUT2D eigenvalue weighted by Gasteiger charge is 2.16.